The molecule has 1 saturated carbocycles. The van der Waals surface area contributed by atoms with E-state index in [2.05, 4.69) is 38.9 Å². The lowest BCUT2D eigenvalue weighted by molar-refractivity contribution is -0.159. The van der Waals surface area contributed by atoms with Gasteiger partial charge < -0.3 is 30.4 Å². The SMILES string of the molecule is CCC1(C(=O)NC(C)C)CCN(c2ccc(-c3nc(-c4cnn(C5CC6(C5)CN(C(=O)CC5(O)CCN(c7ccc(NC8CCC(=O)NC8=O)cc7F)CC5)C6)c4)cn4nccc34)cn2)CC1. The Morgan fingerprint density at radius 1 is 0.940 bits per heavy atom. The minimum atomic E-state index is -1.16. The number of carbonyl (C=O) groups is 4. The van der Waals surface area contributed by atoms with E-state index in [1.807, 2.05) is 69.8 Å². The number of aliphatic hydroxyl groups is 1. The van der Waals surface area contributed by atoms with Gasteiger partial charge in [0.1, 0.15) is 17.7 Å². The lowest BCUT2D eigenvalue weighted by Crippen LogP contribution is -2.64. The van der Waals surface area contributed by atoms with Gasteiger partial charge in [-0.3, -0.25) is 29.2 Å². The number of likely N-dealkylation sites (tertiary alicyclic amines) is 1. The van der Waals surface area contributed by atoms with E-state index in [1.54, 1.807) is 18.3 Å². The van der Waals surface area contributed by atoms with Gasteiger partial charge in [-0.2, -0.15) is 10.2 Å². The number of aromatic nitrogens is 6. The van der Waals surface area contributed by atoms with Crippen molar-refractivity contribution in [1.29, 1.82) is 0 Å². The van der Waals surface area contributed by atoms with Crippen LogP contribution >= 0.6 is 0 Å². The second kappa shape index (κ2) is 17.3. The van der Waals surface area contributed by atoms with Gasteiger partial charge in [0.25, 0.3) is 0 Å². The molecule has 5 aliphatic rings. The highest BCUT2D eigenvalue weighted by molar-refractivity contribution is 6.01. The zero-order valence-corrected chi connectivity index (χ0v) is 38.4. The fourth-order valence-corrected chi connectivity index (χ4v) is 10.9. The molecule has 4 aromatic heterocycles. The molecule has 8 heterocycles. The van der Waals surface area contributed by atoms with Crippen molar-refractivity contribution in [3.63, 3.8) is 0 Å². The molecule has 0 bridgehead atoms. The van der Waals surface area contributed by atoms with Crippen molar-refractivity contribution in [2.75, 3.05) is 54.4 Å². The Bertz CT molecular complexity index is 2690. The molecule has 18 heteroatoms. The van der Waals surface area contributed by atoms with Crippen LogP contribution in [0.4, 0.5) is 21.6 Å². The van der Waals surface area contributed by atoms with Crippen molar-refractivity contribution in [2.45, 2.75) is 109 Å². The van der Waals surface area contributed by atoms with Crippen LogP contribution < -0.4 is 25.8 Å². The summed E-state index contributed by atoms with van der Waals surface area (Å²) in [5, 5.41) is 29.2. The molecular formula is C49H59FN12O5. The number of nitrogens with one attached hydrogen (secondary N) is 3. The minimum absolute atomic E-state index is 0.0357. The van der Waals surface area contributed by atoms with Gasteiger partial charge in [0, 0.05) is 86.4 Å². The summed E-state index contributed by atoms with van der Waals surface area (Å²) in [6.45, 7) is 9.75. The number of pyridine rings is 1. The van der Waals surface area contributed by atoms with Gasteiger partial charge in [0.2, 0.25) is 23.6 Å². The molecule has 4 N–H and O–H groups in total. The van der Waals surface area contributed by atoms with Gasteiger partial charge in [-0.05, 0) is 102 Å². The van der Waals surface area contributed by atoms with E-state index in [1.165, 1.54) is 6.07 Å². The van der Waals surface area contributed by atoms with Crippen molar-refractivity contribution in [1.82, 2.24) is 44.9 Å². The maximum absolute atomic E-state index is 15.3. The number of fused-ring (bicyclic) bond motifs is 1. The van der Waals surface area contributed by atoms with Gasteiger partial charge in [0.15, 0.2) is 0 Å². The Morgan fingerprint density at radius 3 is 2.39 bits per heavy atom. The molecular weight excluding hydrogens is 856 g/mol. The molecule has 5 fully saturated rings. The highest BCUT2D eigenvalue weighted by Crippen LogP contribution is 2.54. The second-order valence-electron chi connectivity index (χ2n) is 20.0. The number of halogens is 1. The summed E-state index contributed by atoms with van der Waals surface area (Å²) in [4.78, 5) is 66.1. The maximum atomic E-state index is 15.3. The van der Waals surface area contributed by atoms with Gasteiger partial charge in [0.05, 0.1) is 64.7 Å². The molecule has 10 rings (SSSR count). The monoisotopic (exact) mass is 914 g/mol. The van der Waals surface area contributed by atoms with Gasteiger partial charge in [-0.15, -0.1) is 0 Å². The third-order valence-electron chi connectivity index (χ3n) is 15.1. The predicted molar refractivity (Wildman–Crippen MR) is 249 cm³/mol. The summed E-state index contributed by atoms with van der Waals surface area (Å²) in [5.74, 6) is -0.201. The molecule has 4 aliphatic heterocycles. The number of hydrogen-bond acceptors (Lipinski definition) is 12. The largest absolute Gasteiger partial charge is 0.389 e. The number of piperidine rings is 3. The van der Waals surface area contributed by atoms with E-state index in [-0.39, 0.29) is 53.5 Å². The number of amides is 4. The van der Waals surface area contributed by atoms with Crippen LogP contribution in [0.5, 0.6) is 0 Å². The van der Waals surface area contributed by atoms with Crippen LogP contribution in [0.1, 0.15) is 91.0 Å². The molecule has 67 heavy (non-hydrogen) atoms. The zero-order chi connectivity index (χ0) is 46.7. The van der Waals surface area contributed by atoms with Crippen LogP contribution in [0.15, 0.2) is 67.4 Å². The third-order valence-corrected chi connectivity index (χ3v) is 15.1. The number of nitrogens with zero attached hydrogens (tertiary/aromatic N) is 9. The lowest BCUT2D eigenvalue weighted by atomic mass is 9.60. The smallest absolute Gasteiger partial charge is 0.249 e. The second-order valence-corrected chi connectivity index (χ2v) is 20.0. The molecule has 0 radical (unpaired) electrons. The Hall–Kier alpha value is -6.43. The van der Waals surface area contributed by atoms with Crippen molar-refractivity contribution < 1.29 is 28.7 Å². The topological polar surface area (TPSA) is 195 Å². The molecule has 1 unspecified atom stereocenters. The molecule has 17 nitrogen and oxygen atoms in total. The Balaban J connectivity index is 0.710. The Labute approximate surface area is 388 Å². The fraction of sp³-hybridized carbons (Fsp3) is 0.510. The van der Waals surface area contributed by atoms with E-state index < -0.39 is 23.4 Å². The molecule has 352 valence electrons. The zero-order valence-electron chi connectivity index (χ0n) is 38.4. The minimum Gasteiger partial charge on any atom is -0.389 e. The van der Waals surface area contributed by atoms with Crippen LogP contribution in [0.3, 0.4) is 0 Å². The lowest BCUT2D eigenvalue weighted by Gasteiger charge is -2.59. The first-order chi connectivity index (χ1) is 32.2. The van der Waals surface area contributed by atoms with E-state index in [4.69, 9.17) is 15.1 Å². The first-order valence-electron chi connectivity index (χ1n) is 23.8. The van der Waals surface area contributed by atoms with Gasteiger partial charge >= 0.3 is 0 Å². The number of carbonyl (C=O) groups excluding carboxylic acids is 4. The first kappa shape index (κ1) is 44.4. The number of hydrogen-bond donors (Lipinski definition) is 4. The van der Waals surface area contributed by atoms with Crippen LogP contribution in [-0.2, 0) is 19.2 Å². The van der Waals surface area contributed by atoms with E-state index in [9.17, 15) is 24.3 Å². The molecule has 1 aliphatic carbocycles. The fourth-order valence-electron chi connectivity index (χ4n) is 10.9. The normalized spacial score (nSPS) is 21.3. The van der Waals surface area contributed by atoms with Gasteiger partial charge in [-0.25, -0.2) is 18.9 Å². The predicted octanol–water partition coefficient (Wildman–Crippen LogP) is 5.12. The maximum Gasteiger partial charge on any atom is 0.249 e. The Kier molecular flexibility index (Phi) is 11.5. The van der Waals surface area contributed by atoms with Crippen LogP contribution in [-0.4, -0.2) is 120 Å². The van der Waals surface area contributed by atoms with Crippen LogP contribution in [0.2, 0.25) is 0 Å². The number of imide groups is 1. The number of rotatable bonds is 12. The van der Waals surface area contributed by atoms with Crippen LogP contribution in [0, 0.1) is 16.6 Å². The third kappa shape index (κ3) is 8.71. The van der Waals surface area contributed by atoms with Gasteiger partial charge in [-0.1, -0.05) is 6.92 Å². The van der Waals surface area contributed by atoms with Crippen molar-refractivity contribution >= 4 is 46.3 Å². The van der Waals surface area contributed by atoms with Crippen molar-refractivity contribution in [2.24, 2.45) is 10.8 Å². The highest BCUT2D eigenvalue weighted by Gasteiger charge is 2.55. The molecule has 1 spiro atoms. The highest BCUT2D eigenvalue weighted by atomic mass is 19.1. The first-order valence-corrected chi connectivity index (χ1v) is 23.8. The van der Waals surface area contributed by atoms with Crippen LogP contribution in [0.25, 0.3) is 28.0 Å². The summed E-state index contributed by atoms with van der Waals surface area (Å²) in [6, 6.07) is 10.5. The molecule has 4 saturated heterocycles. The van der Waals surface area contributed by atoms with Crippen molar-refractivity contribution in [3.8, 4) is 22.5 Å². The van der Waals surface area contributed by atoms with E-state index in [0.717, 1.165) is 79.0 Å². The molecule has 1 atom stereocenters. The summed E-state index contributed by atoms with van der Waals surface area (Å²) in [7, 11) is 0. The molecule has 5 aromatic rings. The van der Waals surface area contributed by atoms with E-state index in [0.29, 0.717) is 56.8 Å². The summed E-state index contributed by atoms with van der Waals surface area (Å²) in [5.41, 5.74) is 3.54. The van der Waals surface area contributed by atoms with Crippen molar-refractivity contribution in [3.05, 3.63) is 73.2 Å². The average molecular weight is 915 g/mol. The summed E-state index contributed by atoms with van der Waals surface area (Å²) >= 11 is 0. The quantitative estimate of drug-likeness (QED) is 0.121. The van der Waals surface area contributed by atoms with E-state index >= 15 is 4.39 Å². The summed E-state index contributed by atoms with van der Waals surface area (Å²) < 4.78 is 19.1. The average Bonchev–Trinajstić information content (AvgIpc) is 3.97. The number of benzene rings is 1. The Morgan fingerprint density at radius 2 is 1.70 bits per heavy atom. The number of anilines is 3. The standard InChI is InChI=1S/C49H59FN12O5/c1-4-48(46(66)54-31(2)3)12-17-59(18-13-48)41-9-5-32(25-51-41)44-40-11-16-52-62(40)28-38(56-44)33-26-53-61(27-33)35-22-47(23-35)29-60(30-47)43(64)24-49(67)14-19-58(20-15-49)39-8-6-34(21-36(39)50)55-37-7-10-42(63)57-45(37)65/h5-6,8-9,11,16,21,25-28,31,35,37,55,67H,4,7,10,12-15,17-20,22-24,29-30H2,1-3H3,(H,54,66)(H,57,63,65). The molecule has 4 amide bonds. The summed E-state index contributed by atoms with van der Waals surface area (Å²) in [6.07, 6.45) is 14.9. The molecule has 1 aromatic carbocycles.